The molecule has 5 heteroatoms. The van der Waals surface area contributed by atoms with Crippen LogP contribution in [0.15, 0.2) is 43.0 Å². The number of rotatable bonds is 5. The van der Waals surface area contributed by atoms with Crippen LogP contribution in [0.4, 0.5) is 4.39 Å². The van der Waals surface area contributed by atoms with E-state index in [0.717, 1.165) is 31.2 Å². The first-order valence-electron chi connectivity index (χ1n) is 7.70. The number of hydrogen-bond donors (Lipinski definition) is 1. The molecule has 22 heavy (non-hydrogen) atoms. The van der Waals surface area contributed by atoms with Gasteiger partial charge in [-0.2, -0.15) is 0 Å². The normalized spacial score (nSPS) is 21.0. The van der Waals surface area contributed by atoms with Crippen LogP contribution in [0.3, 0.4) is 0 Å². The zero-order chi connectivity index (χ0) is 15.4. The molecule has 0 aliphatic heterocycles. The van der Waals surface area contributed by atoms with E-state index in [2.05, 4.69) is 10.3 Å². The van der Waals surface area contributed by atoms with Crippen LogP contribution in [-0.4, -0.2) is 21.5 Å². The van der Waals surface area contributed by atoms with Crippen LogP contribution in [-0.2, 0) is 17.8 Å². The fraction of sp³-hybridized carbons (Fsp3) is 0.412. The van der Waals surface area contributed by atoms with Crippen LogP contribution >= 0.6 is 0 Å². The van der Waals surface area contributed by atoms with Gasteiger partial charge in [0.05, 0.1) is 6.33 Å². The zero-order valence-corrected chi connectivity index (χ0v) is 12.4. The number of nitrogens with one attached hydrogen (secondary N) is 1. The van der Waals surface area contributed by atoms with Crippen molar-refractivity contribution in [2.45, 2.75) is 38.3 Å². The Bertz CT molecular complexity index is 609. The third-order valence-electron chi connectivity index (χ3n) is 4.30. The zero-order valence-electron chi connectivity index (χ0n) is 12.4. The molecule has 1 heterocycles. The number of amides is 1. The molecule has 1 fully saturated rings. The van der Waals surface area contributed by atoms with E-state index in [1.165, 1.54) is 12.1 Å². The summed E-state index contributed by atoms with van der Waals surface area (Å²) in [5.74, 6) is 0.242. The van der Waals surface area contributed by atoms with Crippen molar-refractivity contribution in [2.24, 2.45) is 5.92 Å². The summed E-state index contributed by atoms with van der Waals surface area (Å²) in [6.07, 6.45) is 9.22. The van der Waals surface area contributed by atoms with E-state index in [9.17, 15) is 9.18 Å². The van der Waals surface area contributed by atoms with Gasteiger partial charge in [0.2, 0.25) is 5.91 Å². The molecule has 1 aliphatic carbocycles. The highest BCUT2D eigenvalue weighted by Gasteiger charge is 2.28. The van der Waals surface area contributed by atoms with Crippen molar-refractivity contribution in [3.63, 3.8) is 0 Å². The Labute approximate surface area is 129 Å². The fourth-order valence-corrected chi connectivity index (χ4v) is 3.19. The van der Waals surface area contributed by atoms with Crippen molar-refractivity contribution in [2.75, 3.05) is 0 Å². The van der Waals surface area contributed by atoms with Crippen molar-refractivity contribution in [1.82, 2.24) is 14.9 Å². The summed E-state index contributed by atoms with van der Waals surface area (Å²) < 4.78 is 14.7. The lowest BCUT2D eigenvalue weighted by molar-refractivity contribution is -0.122. The standard InChI is InChI=1S/C17H20FN3O/c18-15-6-4-13(5-7-15)10-14-2-1-3-16(14)20-17(22)11-21-9-8-19-12-21/h4-9,12,14,16H,1-3,10-11H2,(H,20,22)/t14-,16-/m0/s1. The van der Waals surface area contributed by atoms with Crippen molar-refractivity contribution in [3.8, 4) is 0 Å². The lowest BCUT2D eigenvalue weighted by Gasteiger charge is -2.21. The molecule has 1 aromatic heterocycles. The summed E-state index contributed by atoms with van der Waals surface area (Å²) in [6, 6.07) is 6.87. The number of hydrogen-bond acceptors (Lipinski definition) is 2. The molecule has 116 valence electrons. The van der Waals surface area contributed by atoms with Gasteiger partial charge in [0.25, 0.3) is 0 Å². The molecule has 0 saturated heterocycles. The largest absolute Gasteiger partial charge is 0.352 e. The molecule has 0 bridgehead atoms. The average molecular weight is 301 g/mol. The molecule has 0 unspecified atom stereocenters. The first-order valence-corrected chi connectivity index (χ1v) is 7.70. The Morgan fingerprint density at radius 2 is 2.14 bits per heavy atom. The molecule has 0 spiro atoms. The Hall–Kier alpha value is -2.17. The second-order valence-corrected chi connectivity index (χ2v) is 5.93. The van der Waals surface area contributed by atoms with Crippen LogP contribution in [0.5, 0.6) is 0 Å². The van der Waals surface area contributed by atoms with Gasteiger partial charge in [0.1, 0.15) is 12.4 Å². The monoisotopic (exact) mass is 301 g/mol. The van der Waals surface area contributed by atoms with E-state index in [0.29, 0.717) is 12.5 Å². The summed E-state index contributed by atoms with van der Waals surface area (Å²) in [6.45, 7) is 0.305. The summed E-state index contributed by atoms with van der Waals surface area (Å²) in [5, 5.41) is 3.14. The molecular weight excluding hydrogens is 281 g/mol. The number of carbonyl (C=O) groups is 1. The molecule has 4 nitrogen and oxygen atoms in total. The van der Waals surface area contributed by atoms with Gasteiger partial charge in [0, 0.05) is 18.4 Å². The summed E-state index contributed by atoms with van der Waals surface area (Å²) >= 11 is 0. The number of nitrogens with zero attached hydrogens (tertiary/aromatic N) is 2. The van der Waals surface area contributed by atoms with Crippen molar-refractivity contribution >= 4 is 5.91 Å². The van der Waals surface area contributed by atoms with Crippen LogP contribution in [0, 0.1) is 11.7 Å². The first kappa shape index (κ1) is 14.8. The number of halogens is 1. The fourth-order valence-electron chi connectivity index (χ4n) is 3.19. The molecular formula is C17H20FN3O. The van der Waals surface area contributed by atoms with Crippen molar-refractivity contribution in [3.05, 3.63) is 54.4 Å². The minimum atomic E-state index is -0.208. The van der Waals surface area contributed by atoms with Crippen LogP contribution in [0.2, 0.25) is 0 Å². The summed E-state index contributed by atoms with van der Waals surface area (Å²) in [4.78, 5) is 16.0. The predicted octanol–water partition coefficient (Wildman–Crippen LogP) is 2.55. The smallest absolute Gasteiger partial charge is 0.240 e. The van der Waals surface area contributed by atoms with Gasteiger partial charge in [-0.1, -0.05) is 18.6 Å². The highest BCUT2D eigenvalue weighted by atomic mass is 19.1. The lowest BCUT2D eigenvalue weighted by atomic mass is 9.94. The highest BCUT2D eigenvalue weighted by Crippen LogP contribution is 2.29. The first-order chi connectivity index (χ1) is 10.7. The van der Waals surface area contributed by atoms with Crippen LogP contribution in [0.1, 0.15) is 24.8 Å². The lowest BCUT2D eigenvalue weighted by Crippen LogP contribution is -2.39. The summed E-state index contributed by atoms with van der Waals surface area (Å²) in [7, 11) is 0. The van der Waals surface area contributed by atoms with Gasteiger partial charge in [-0.15, -0.1) is 0 Å². The van der Waals surface area contributed by atoms with E-state index in [4.69, 9.17) is 0 Å². The molecule has 1 N–H and O–H groups in total. The predicted molar refractivity (Wildman–Crippen MR) is 81.6 cm³/mol. The third-order valence-corrected chi connectivity index (χ3v) is 4.30. The third kappa shape index (κ3) is 3.72. The van der Waals surface area contributed by atoms with Gasteiger partial charge in [-0.25, -0.2) is 9.37 Å². The maximum atomic E-state index is 13.0. The van der Waals surface area contributed by atoms with Crippen LogP contribution in [0.25, 0.3) is 0 Å². The van der Waals surface area contributed by atoms with Gasteiger partial charge < -0.3 is 9.88 Å². The van der Waals surface area contributed by atoms with E-state index in [1.54, 1.807) is 23.3 Å². The maximum absolute atomic E-state index is 13.0. The van der Waals surface area contributed by atoms with Gasteiger partial charge >= 0.3 is 0 Å². The average Bonchev–Trinajstić information content (AvgIpc) is 3.14. The number of carbonyl (C=O) groups excluding carboxylic acids is 1. The van der Waals surface area contributed by atoms with Gasteiger partial charge in [-0.3, -0.25) is 4.79 Å². The number of benzene rings is 1. The molecule has 1 amide bonds. The Kier molecular flexibility index (Phi) is 4.51. The maximum Gasteiger partial charge on any atom is 0.240 e. The SMILES string of the molecule is O=C(Cn1ccnc1)N[C@H]1CCC[C@H]1Cc1ccc(F)cc1. The molecule has 2 atom stereocenters. The minimum absolute atomic E-state index is 0.0222. The highest BCUT2D eigenvalue weighted by molar-refractivity contribution is 5.76. The molecule has 1 aromatic carbocycles. The molecule has 0 radical (unpaired) electrons. The van der Waals surface area contributed by atoms with Crippen molar-refractivity contribution < 1.29 is 9.18 Å². The minimum Gasteiger partial charge on any atom is -0.352 e. The quantitative estimate of drug-likeness (QED) is 0.922. The second kappa shape index (κ2) is 6.73. The molecule has 1 saturated carbocycles. The van der Waals surface area contributed by atoms with E-state index in [-0.39, 0.29) is 17.8 Å². The van der Waals surface area contributed by atoms with Gasteiger partial charge in [0.15, 0.2) is 0 Å². The Morgan fingerprint density at radius 3 is 2.86 bits per heavy atom. The Morgan fingerprint density at radius 1 is 1.32 bits per heavy atom. The molecule has 1 aliphatic rings. The van der Waals surface area contributed by atoms with Crippen molar-refractivity contribution in [1.29, 1.82) is 0 Å². The van der Waals surface area contributed by atoms with Gasteiger partial charge in [-0.05, 0) is 42.9 Å². The number of aromatic nitrogens is 2. The van der Waals surface area contributed by atoms with E-state index >= 15 is 0 Å². The Balaban J connectivity index is 1.56. The second-order valence-electron chi connectivity index (χ2n) is 5.93. The molecule has 2 aromatic rings. The van der Waals surface area contributed by atoms with E-state index in [1.807, 2.05) is 12.1 Å². The summed E-state index contributed by atoms with van der Waals surface area (Å²) in [5.41, 5.74) is 1.13. The van der Waals surface area contributed by atoms with Crippen LogP contribution < -0.4 is 5.32 Å². The van der Waals surface area contributed by atoms with E-state index < -0.39 is 0 Å². The molecule has 3 rings (SSSR count). The number of imidazole rings is 1. The topological polar surface area (TPSA) is 46.9 Å².